The highest BCUT2D eigenvalue weighted by molar-refractivity contribution is 9.10. The number of hydrogen-bond donors (Lipinski definition) is 0. The molecule has 0 aliphatic heterocycles. The molecule has 0 aromatic heterocycles. The van der Waals surface area contributed by atoms with E-state index in [4.69, 9.17) is 0 Å². The van der Waals surface area contributed by atoms with Gasteiger partial charge in [0.2, 0.25) is 0 Å². The van der Waals surface area contributed by atoms with Crippen molar-refractivity contribution in [1.29, 1.82) is 0 Å². The van der Waals surface area contributed by atoms with E-state index >= 15 is 0 Å². The molecule has 16 heavy (non-hydrogen) atoms. The monoisotopic (exact) mass is 274 g/mol. The van der Waals surface area contributed by atoms with Crippen molar-refractivity contribution in [3.63, 3.8) is 0 Å². The Morgan fingerprint density at radius 2 is 1.75 bits per heavy atom. The summed E-state index contributed by atoms with van der Waals surface area (Å²) in [4.78, 5) is 0. The third kappa shape index (κ3) is 1.58. The molecule has 0 nitrogen and oxygen atoms in total. The Bertz CT molecular complexity index is 567. The van der Waals surface area contributed by atoms with Gasteiger partial charge in [0.05, 0.1) is 0 Å². The van der Waals surface area contributed by atoms with Crippen molar-refractivity contribution in [1.82, 2.24) is 0 Å². The largest absolute Gasteiger partial charge is 0.0605 e. The lowest BCUT2D eigenvalue weighted by molar-refractivity contribution is 0.392. The molecule has 82 valence electrons. The number of benzene rings is 2. The van der Waals surface area contributed by atoms with Crippen molar-refractivity contribution in [2.24, 2.45) is 5.41 Å². The van der Waals surface area contributed by atoms with Crippen LogP contribution in [0.1, 0.15) is 25.0 Å². The molecule has 3 rings (SSSR count). The number of hydrogen-bond acceptors (Lipinski definition) is 0. The molecule has 0 atom stereocenters. The lowest BCUT2D eigenvalue weighted by Gasteiger charge is -2.14. The van der Waals surface area contributed by atoms with Gasteiger partial charge in [-0.3, -0.25) is 0 Å². The molecule has 0 fully saturated rings. The SMILES string of the molecule is CC1(C)Cc2cc3cccc(Br)c3cc2C1. The molecule has 1 aliphatic rings. The predicted octanol–water partition coefficient (Wildman–Crippen LogP) is 4.73. The molecular formula is C15H15Br. The van der Waals surface area contributed by atoms with Crippen LogP contribution in [0.4, 0.5) is 0 Å². The fourth-order valence-corrected chi connectivity index (χ4v) is 3.30. The Labute approximate surface area is 105 Å². The van der Waals surface area contributed by atoms with E-state index < -0.39 is 0 Å². The van der Waals surface area contributed by atoms with E-state index in [2.05, 4.69) is 60.1 Å². The Kier molecular flexibility index (Phi) is 2.16. The van der Waals surface area contributed by atoms with Crippen LogP contribution in [-0.4, -0.2) is 0 Å². The highest BCUT2D eigenvalue weighted by atomic mass is 79.9. The third-order valence-corrected chi connectivity index (χ3v) is 4.18. The molecule has 2 aromatic rings. The third-order valence-electron chi connectivity index (χ3n) is 3.49. The Morgan fingerprint density at radius 3 is 2.50 bits per heavy atom. The quantitative estimate of drug-likeness (QED) is 0.652. The predicted molar refractivity (Wildman–Crippen MR) is 72.8 cm³/mol. The van der Waals surface area contributed by atoms with Crippen molar-refractivity contribution < 1.29 is 0 Å². The Hall–Kier alpha value is -0.820. The van der Waals surface area contributed by atoms with Gasteiger partial charge in [-0.2, -0.15) is 0 Å². The average Bonchev–Trinajstić information content (AvgIpc) is 2.48. The van der Waals surface area contributed by atoms with E-state index in [0.29, 0.717) is 5.41 Å². The van der Waals surface area contributed by atoms with Gasteiger partial charge in [-0.15, -0.1) is 0 Å². The molecule has 0 unspecified atom stereocenters. The van der Waals surface area contributed by atoms with Crippen LogP contribution in [0.15, 0.2) is 34.8 Å². The van der Waals surface area contributed by atoms with Crippen LogP contribution in [-0.2, 0) is 12.8 Å². The van der Waals surface area contributed by atoms with Gasteiger partial charge in [0.25, 0.3) is 0 Å². The summed E-state index contributed by atoms with van der Waals surface area (Å²) >= 11 is 3.63. The van der Waals surface area contributed by atoms with Crippen molar-refractivity contribution in [3.05, 3.63) is 45.9 Å². The Balaban J connectivity index is 2.26. The zero-order chi connectivity index (χ0) is 11.3. The van der Waals surface area contributed by atoms with Crippen molar-refractivity contribution >= 4 is 26.7 Å². The summed E-state index contributed by atoms with van der Waals surface area (Å²) in [5.41, 5.74) is 3.51. The molecule has 0 radical (unpaired) electrons. The second-order valence-corrected chi connectivity index (χ2v) is 6.45. The molecule has 0 N–H and O–H groups in total. The second-order valence-electron chi connectivity index (χ2n) is 5.60. The topological polar surface area (TPSA) is 0 Å². The van der Waals surface area contributed by atoms with Gasteiger partial charge < -0.3 is 0 Å². The van der Waals surface area contributed by atoms with Gasteiger partial charge in [-0.05, 0) is 52.3 Å². The standard InChI is InChI=1S/C15H15Br/c1-15(2)8-11-6-10-4-3-5-14(16)13(10)7-12(11)9-15/h3-7H,8-9H2,1-2H3. The highest BCUT2D eigenvalue weighted by Crippen LogP contribution is 2.39. The molecule has 1 heteroatoms. The van der Waals surface area contributed by atoms with Crippen LogP contribution < -0.4 is 0 Å². The van der Waals surface area contributed by atoms with Crippen LogP contribution in [0.2, 0.25) is 0 Å². The van der Waals surface area contributed by atoms with E-state index in [1.54, 1.807) is 0 Å². The molecule has 0 spiro atoms. The molecule has 2 aromatic carbocycles. The summed E-state index contributed by atoms with van der Waals surface area (Å²) in [5.74, 6) is 0. The Morgan fingerprint density at radius 1 is 1.06 bits per heavy atom. The van der Waals surface area contributed by atoms with Crippen LogP contribution in [0.3, 0.4) is 0 Å². The first-order chi connectivity index (χ1) is 7.55. The molecule has 0 saturated carbocycles. The molecule has 0 heterocycles. The maximum Gasteiger partial charge on any atom is 0.0253 e. The first-order valence-corrected chi connectivity index (χ1v) is 6.54. The summed E-state index contributed by atoms with van der Waals surface area (Å²) in [6.45, 7) is 4.71. The minimum atomic E-state index is 0.437. The summed E-state index contributed by atoms with van der Waals surface area (Å²) < 4.78 is 1.21. The van der Waals surface area contributed by atoms with Crippen molar-refractivity contribution in [2.75, 3.05) is 0 Å². The van der Waals surface area contributed by atoms with Crippen LogP contribution in [0, 0.1) is 5.41 Å². The minimum Gasteiger partial charge on any atom is -0.0605 e. The minimum absolute atomic E-state index is 0.437. The van der Waals surface area contributed by atoms with E-state index in [1.165, 1.54) is 39.2 Å². The van der Waals surface area contributed by atoms with E-state index in [-0.39, 0.29) is 0 Å². The van der Waals surface area contributed by atoms with Gasteiger partial charge in [0.1, 0.15) is 0 Å². The summed E-state index contributed by atoms with van der Waals surface area (Å²) in [6.07, 6.45) is 2.42. The average molecular weight is 275 g/mol. The first-order valence-electron chi connectivity index (χ1n) is 5.75. The molecule has 0 amide bonds. The maximum absolute atomic E-state index is 3.63. The van der Waals surface area contributed by atoms with Gasteiger partial charge in [0.15, 0.2) is 0 Å². The second kappa shape index (κ2) is 3.33. The van der Waals surface area contributed by atoms with Gasteiger partial charge >= 0.3 is 0 Å². The van der Waals surface area contributed by atoms with Gasteiger partial charge in [0, 0.05) is 4.47 Å². The normalized spacial score (nSPS) is 17.7. The van der Waals surface area contributed by atoms with Crippen LogP contribution in [0.5, 0.6) is 0 Å². The summed E-state index contributed by atoms with van der Waals surface area (Å²) in [5, 5.41) is 2.70. The molecule has 0 bridgehead atoms. The zero-order valence-electron chi connectivity index (χ0n) is 9.68. The highest BCUT2D eigenvalue weighted by Gasteiger charge is 2.28. The fraction of sp³-hybridized carbons (Fsp3) is 0.333. The van der Waals surface area contributed by atoms with Crippen LogP contribution >= 0.6 is 15.9 Å². The van der Waals surface area contributed by atoms with Crippen LogP contribution in [0.25, 0.3) is 10.8 Å². The lowest BCUT2D eigenvalue weighted by atomic mass is 9.90. The number of rotatable bonds is 0. The van der Waals surface area contributed by atoms with Gasteiger partial charge in [-0.25, -0.2) is 0 Å². The number of fused-ring (bicyclic) bond motifs is 2. The van der Waals surface area contributed by atoms with Crippen molar-refractivity contribution in [3.8, 4) is 0 Å². The first kappa shape index (κ1) is 10.3. The van der Waals surface area contributed by atoms with Crippen molar-refractivity contribution in [2.45, 2.75) is 26.7 Å². The smallest absolute Gasteiger partial charge is 0.0253 e. The van der Waals surface area contributed by atoms with E-state index in [1.807, 2.05) is 0 Å². The lowest BCUT2D eigenvalue weighted by Crippen LogP contribution is -2.09. The molecular weight excluding hydrogens is 260 g/mol. The summed E-state index contributed by atoms with van der Waals surface area (Å²) in [6, 6.07) is 11.2. The molecule has 0 saturated heterocycles. The van der Waals surface area contributed by atoms with Gasteiger partial charge in [-0.1, -0.05) is 48.0 Å². The fourth-order valence-electron chi connectivity index (χ4n) is 2.80. The van der Waals surface area contributed by atoms with E-state index in [0.717, 1.165) is 0 Å². The maximum atomic E-state index is 3.63. The summed E-state index contributed by atoms with van der Waals surface area (Å²) in [7, 11) is 0. The zero-order valence-corrected chi connectivity index (χ0v) is 11.3. The van der Waals surface area contributed by atoms with E-state index in [9.17, 15) is 0 Å². The number of halogens is 1. The molecule has 1 aliphatic carbocycles.